The first-order valence-electron chi connectivity index (χ1n) is 6.12. The van der Waals surface area contributed by atoms with Gasteiger partial charge in [0.05, 0.1) is 0 Å². The summed E-state index contributed by atoms with van der Waals surface area (Å²) < 4.78 is 0. The number of rotatable bonds is 9. The van der Waals surface area contributed by atoms with Crippen molar-refractivity contribution in [2.24, 2.45) is 11.5 Å². The van der Waals surface area contributed by atoms with E-state index in [4.69, 9.17) is 11.5 Å². The molecule has 98 valence electrons. The second kappa shape index (κ2) is 8.99. The number of nitrogens with two attached hydrogens (primary N) is 2. The molecule has 0 saturated heterocycles. The lowest BCUT2D eigenvalue weighted by molar-refractivity contribution is -0.118. The standard InChI is InChI=1S/C13H25N3O/c1-3-4-7-13(15,8-5-10-14)9-6-11-16-12(2)17/h4H,1,5-11,14-15H2,2H3,(H,16,17). The lowest BCUT2D eigenvalue weighted by Crippen LogP contribution is -2.40. The van der Waals surface area contributed by atoms with Crippen LogP contribution in [0.4, 0.5) is 0 Å². The average molecular weight is 239 g/mol. The Morgan fingerprint density at radius 1 is 1.47 bits per heavy atom. The maximum Gasteiger partial charge on any atom is 0.216 e. The van der Waals surface area contributed by atoms with Crippen LogP contribution in [-0.2, 0) is 4.79 Å². The molecule has 0 saturated carbocycles. The van der Waals surface area contributed by atoms with E-state index in [0.29, 0.717) is 13.1 Å². The Morgan fingerprint density at radius 2 is 2.12 bits per heavy atom. The quantitative estimate of drug-likeness (QED) is 0.416. The van der Waals surface area contributed by atoms with Gasteiger partial charge in [0.15, 0.2) is 0 Å². The zero-order valence-electron chi connectivity index (χ0n) is 10.8. The van der Waals surface area contributed by atoms with Crippen LogP contribution in [0.25, 0.3) is 0 Å². The van der Waals surface area contributed by atoms with Gasteiger partial charge >= 0.3 is 0 Å². The topological polar surface area (TPSA) is 81.1 Å². The number of carbonyl (C=O) groups excluding carboxylic acids is 1. The van der Waals surface area contributed by atoms with Crippen LogP contribution in [0.3, 0.4) is 0 Å². The van der Waals surface area contributed by atoms with Crippen LogP contribution >= 0.6 is 0 Å². The molecule has 0 rings (SSSR count). The second-order valence-corrected chi connectivity index (χ2v) is 4.45. The lowest BCUT2D eigenvalue weighted by Gasteiger charge is -2.28. The normalized spacial score (nSPS) is 13.6. The van der Waals surface area contributed by atoms with Crippen molar-refractivity contribution in [1.29, 1.82) is 0 Å². The molecule has 1 unspecified atom stereocenters. The summed E-state index contributed by atoms with van der Waals surface area (Å²) in [5.74, 6) is 0.000525. The fraction of sp³-hybridized carbons (Fsp3) is 0.692. The van der Waals surface area contributed by atoms with Crippen LogP contribution in [0.1, 0.15) is 39.0 Å². The molecule has 0 radical (unpaired) electrons. The Morgan fingerprint density at radius 3 is 2.65 bits per heavy atom. The summed E-state index contributed by atoms with van der Waals surface area (Å²) in [7, 11) is 0. The molecule has 4 heteroatoms. The van der Waals surface area contributed by atoms with Gasteiger partial charge in [0.2, 0.25) is 5.91 Å². The van der Waals surface area contributed by atoms with Gasteiger partial charge in [-0.25, -0.2) is 0 Å². The smallest absolute Gasteiger partial charge is 0.216 e. The summed E-state index contributed by atoms with van der Waals surface area (Å²) in [4.78, 5) is 10.7. The molecule has 0 aromatic rings. The number of amides is 1. The van der Waals surface area contributed by atoms with E-state index in [1.54, 1.807) is 0 Å². The average Bonchev–Trinajstić information content (AvgIpc) is 2.30. The molecule has 0 bridgehead atoms. The molecule has 0 aromatic heterocycles. The van der Waals surface area contributed by atoms with Gasteiger partial charge in [0.1, 0.15) is 0 Å². The molecular weight excluding hydrogens is 214 g/mol. The summed E-state index contributed by atoms with van der Waals surface area (Å²) in [6.07, 6.45) is 6.19. The lowest BCUT2D eigenvalue weighted by atomic mass is 9.86. The van der Waals surface area contributed by atoms with E-state index in [2.05, 4.69) is 17.6 Å². The first-order chi connectivity index (χ1) is 8.04. The summed E-state index contributed by atoms with van der Waals surface area (Å²) in [5.41, 5.74) is 14.3. The third kappa shape index (κ3) is 8.69. The van der Waals surface area contributed by atoms with Gasteiger partial charge in [-0.05, 0) is 44.7 Å². The highest BCUT2D eigenvalue weighted by Gasteiger charge is 2.22. The van der Waals surface area contributed by atoms with Crippen molar-refractivity contribution in [2.75, 3.05) is 13.1 Å². The zero-order chi connectivity index (χ0) is 13.1. The minimum Gasteiger partial charge on any atom is -0.356 e. The Labute approximate surface area is 104 Å². The molecule has 1 amide bonds. The highest BCUT2D eigenvalue weighted by atomic mass is 16.1. The van der Waals surface area contributed by atoms with Gasteiger partial charge in [-0.3, -0.25) is 4.79 Å². The van der Waals surface area contributed by atoms with Crippen molar-refractivity contribution in [2.45, 2.75) is 44.6 Å². The minimum absolute atomic E-state index is 0.000525. The van der Waals surface area contributed by atoms with E-state index < -0.39 is 0 Å². The monoisotopic (exact) mass is 239 g/mol. The van der Waals surface area contributed by atoms with E-state index in [9.17, 15) is 4.79 Å². The number of hydrogen-bond acceptors (Lipinski definition) is 3. The van der Waals surface area contributed by atoms with Crippen LogP contribution in [0, 0.1) is 0 Å². The summed E-state index contributed by atoms with van der Waals surface area (Å²) in [6.45, 7) is 6.39. The van der Waals surface area contributed by atoms with Crippen molar-refractivity contribution < 1.29 is 4.79 Å². The Hall–Kier alpha value is -1.09. The molecule has 0 aliphatic carbocycles. The van der Waals surface area contributed by atoms with Crippen molar-refractivity contribution in [3.05, 3.63) is 18.4 Å². The maximum atomic E-state index is 10.7. The van der Waals surface area contributed by atoms with Gasteiger partial charge in [0, 0.05) is 19.0 Å². The Kier molecular flexibility index (Phi) is 8.42. The van der Waals surface area contributed by atoms with Gasteiger partial charge in [-0.2, -0.15) is 0 Å². The molecule has 0 heterocycles. The minimum atomic E-state index is -0.247. The molecule has 0 aliphatic rings. The van der Waals surface area contributed by atoms with E-state index in [1.807, 2.05) is 6.08 Å². The predicted octanol–water partition coefficient (Wildman–Crippen LogP) is 1.07. The van der Waals surface area contributed by atoms with Gasteiger partial charge in [-0.1, -0.05) is 6.58 Å². The fourth-order valence-corrected chi connectivity index (χ4v) is 1.76. The molecule has 1 atom stereocenters. The Bertz CT molecular complexity index is 272. The van der Waals surface area contributed by atoms with Crippen molar-refractivity contribution in [3.8, 4) is 0 Å². The highest BCUT2D eigenvalue weighted by molar-refractivity contribution is 5.72. The summed E-state index contributed by atoms with van der Waals surface area (Å²) in [6, 6.07) is 0. The molecule has 0 spiro atoms. The van der Waals surface area contributed by atoms with Crippen molar-refractivity contribution >= 4 is 5.91 Å². The first kappa shape index (κ1) is 15.9. The number of hydrogen-bond donors (Lipinski definition) is 3. The molecule has 5 N–H and O–H groups in total. The number of carbonyl (C=O) groups is 1. The molecule has 0 fully saturated rings. The van der Waals surface area contributed by atoms with Gasteiger partial charge in [-0.15, -0.1) is 5.73 Å². The maximum absolute atomic E-state index is 10.7. The predicted molar refractivity (Wildman–Crippen MR) is 71.5 cm³/mol. The van der Waals surface area contributed by atoms with Crippen LogP contribution in [0.5, 0.6) is 0 Å². The van der Waals surface area contributed by atoms with E-state index in [1.165, 1.54) is 6.92 Å². The largest absolute Gasteiger partial charge is 0.356 e. The zero-order valence-corrected chi connectivity index (χ0v) is 10.8. The summed E-state index contributed by atoms with van der Waals surface area (Å²) >= 11 is 0. The number of nitrogens with one attached hydrogen (secondary N) is 1. The molecule has 0 aromatic carbocycles. The van der Waals surface area contributed by atoms with Crippen LogP contribution in [0.15, 0.2) is 18.4 Å². The Balaban J connectivity index is 4.07. The molecule has 17 heavy (non-hydrogen) atoms. The van der Waals surface area contributed by atoms with Crippen LogP contribution < -0.4 is 16.8 Å². The highest BCUT2D eigenvalue weighted by Crippen LogP contribution is 2.20. The van der Waals surface area contributed by atoms with Crippen molar-refractivity contribution in [1.82, 2.24) is 5.32 Å². The molecule has 4 nitrogen and oxygen atoms in total. The van der Waals surface area contributed by atoms with E-state index in [-0.39, 0.29) is 11.4 Å². The first-order valence-corrected chi connectivity index (χ1v) is 6.12. The molecular formula is C13H25N3O. The SMILES string of the molecule is C=C=CCC(N)(CCCN)CCCNC(C)=O. The van der Waals surface area contributed by atoms with E-state index >= 15 is 0 Å². The third-order valence-electron chi connectivity index (χ3n) is 2.76. The second-order valence-electron chi connectivity index (χ2n) is 4.45. The molecule has 0 aliphatic heterocycles. The van der Waals surface area contributed by atoms with Crippen LogP contribution in [-0.4, -0.2) is 24.5 Å². The third-order valence-corrected chi connectivity index (χ3v) is 2.76. The van der Waals surface area contributed by atoms with Gasteiger partial charge in [0.25, 0.3) is 0 Å². The van der Waals surface area contributed by atoms with Crippen molar-refractivity contribution in [3.63, 3.8) is 0 Å². The van der Waals surface area contributed by atoms with Crippen LogP contribution in [0.2, 0.25) is 0 Å². The fourth-order valence-electron chi connectivity index (χ4n) is 1.76. The summed E-state index contributed by atoms with van der Waals surface area (Å²) in [5, 5.41) is 2.77. The van der Waals surface area contributed by atoms with Gasteiger partial charge < -0.3 is 16.8 Å². The van der Waals surface area contributed by atoms with E-state index in [0.717, 1.165) is 32.1 Å².